The van der Waals surface area contributed by atoms with E-state index in [1.165, 1.54) is 0 Å². The fraction of sp³-hybridized carbons (Fsp3) is 0.400. The van der Waals surface area contributed by atoms with Crippen LogP contribution in [0.2, 0.25) is 0 Å². The summed E-state index contributed by atoms with van der Waals surface area (Å²) in [5.74, 6) is 3.38. The third kappa shape index (κ3) is 3.80. The number of nitrogens with zero attached hydrogens (tertiary/aromatic N) is 1. The van der Waals surface area contributed by atoms with Crippen LogP contribution in [0, 0.1) is 30.6 Å². The average Bonchev–Trinajstić information content (AvgIpc) is 2.37. The maximum atomic E-state index is 8.94. The lowest BCUT2D eigenvalue weighted by atomic mass is 10.1. The fourth-order valence-electron chi connectivity index (χ4n) is 1.73. The molecular formula is C15H17NO2. The highest BCUT2D eigenvalue weighted by atomic mass is 16.5. The number of ether oxygens (including phenoxy) is 2. The highest BCUT2D eigenvalue weighted by molar-refractivity contribution is 5.47. The molecule has 0 heterocycles. The lowest BCUT2D eigenvalue weighted by Crippen LogP contribution is -2.03. The maximum absolute atomic E-state index is 8.94. The van der Waals surface area contributed by atoms with E-state index < -0.39 is 0 Å². The molecule has 1 aromatic rings. The first-order chi connectivity index (χ1) is 8.72. The molecule has 18 heavy (non-hydrogen) atoms. The Kier molecular flexibility index (Phi) is 5.77. The van der Waals surface area contributed by atoms with Gasteiger partial charge in [0, 0.05) is 19.1 Å². The lowest BCUT2D eigenvalue weighted by Gasteiger charge is -2.14. The standard InChI is InChI=1S/C15H17NO2/c1-4-5-6-7-18-15-12(2)8-13(10-16)9-14(15)11-17-3/h1,8-9H,5-7,11H2,2-3H3. The number of unbranched alkanes of at least 4 members (excludes halogenated alkanes) is 1. The van der Waals surface area contributed by atoms with Gasteiger partial charge in [-0.2, -0.15) is 5.26 Å². The number of hydrogen-bond donors (Lipinski definition) is 0. The van der Waals surface area contributed by atoms with Crippen LogP contribution in [0.4, 0.5) is 0 Å². The smallest absolute Gasteiger partial charge is 0.127 e. The predicted octanol–water partition coefficient (Wildman–Crippen LogP) is 2.81. The second-order valence-corrected chi connectivity index (χ2v) is 3.98. The molecule has 1 aromatic carbocycles. The number of hydrogen-bond acceptors (Lipinski definition) is 3. The minimum Gasteiger partial charge on any atom is -0.493 e. The van der Waals surface area contributed by atoms with E-state index in [1.807, 2.05) is 13.0 Å². The lowest BCUT2D eigenvalue weighted by molar-refractivity contribution is 0.179. The molecule has 0 saturated carbocycles. The molecule has 0 fully saturated rings. The monoisotopic (exact) mass is 243 g/mol. The molecule has 0 aliphatic rings. The van der Waals surface area contributed by atoms with E-state index in [2.05, 4.69) is 12.0 Å². The van der Waals surface area contributed by atoms with Crippen molar-refractivity contribution in [1.82, 2.24) is 0 Å². The normalized spacial score (nSPS) is 9.56. The van der Waals surface area contributed by atoms with Gasteiger partial charge in [0.15, 0.2) is 0 Å². The average molecular weight is 243 g/mol. The summed E-state index contributed by atoms with van der Waals surface area (Å²) < 4.78 is 10.9. The van der Waals surface area contributed by atoms with Crippen molar-refractivity contribution in [1.29, 1.82) is 5.26 Å². The van der Waals surface area contributed by atoms with E-state index in [-0.39, 0.29) is 0 Å². The molecule has 0 unspecified atom stereocenters. The Morgan fingerprint density at radius 3 is 2.78 bits per heavy atom. The molecule has 0 aromatic heterocycles. The van der Waals surface area contributed by atoms with Gasteiger partial charge in [-0.15, -0.1) is 12.3 Å². The molecule has 0 aliphatic heterocycles. The van der Waals surface area contributed by atoms with Crippen molar-refractivity contribution in [2.24, 2.45) is 0 Å². The Morgan fingerprint density at radius 2 is 2.17 bits per heavy atom. The van der Waals surface area contributed by atoms with Gasteiger partial charge in [-0.3, -0.25) is 0 Å². The summed E-state index contributed by atoms with van der Waals surface area (Å²) in [4.78, 5) is 0. The Hall–Kier alpha value is -1.97. The first kappa shape index (κ1) is 14.1. The molecule has 0 radical (unpaired) electrons. The van der Waals surface area contributed by atoms with Gasteiger partial charge in [0.25, 0.3) is 0 Å². The van der Waals surface area contributed by atoms with Gasteiger partial charge < -0.3 is 9.47 Å². The molecule has 0 atom stereocenters. The summed E-state index contributed by atoms with van der Waals surface area (Å²) in [7, 11) is 1.62. The van der Waals surface area contributed by atoms with Crippen LogP contribution in [0.15, 0.2) is 12.1 Å². The first-order valence-corrected chi connectivity index (χ1v) is 5.81. The summed E-state index contributed by atoms with van der Waals surface area (Å²) in [6.45, 7) is 2.94. The number of aryl methyl sites for hydroxylation is 1. The molecule has 94 valence electrons. The van der Waals surface area contributed by atoms with Crippen molar-refractivity contribution < 1.29 is 9.47 Å². The summed E-state index contributed by atoms with van der Waals surface area (Å²) in [5, 5.41) is 8.94. The number of benzene rings is 1. The van der Waals surface area contributed by atoms with Gasteiger partial charge in [0.1, 0.15) is 5.75 Å². The van der Waals surface area contributed by atoms with Crippen LogP contribution in [-0.2, 0) is 11.3 Å². The maximum Gasteiger partial charge on any atom is 0.127 e. The zero-order valence-corrected chi connectivity index (χ0v) is 10.8. The molecule has 0 saturated heterocycles. The van der Waals surface area contributed by atoms with Crippen molar-refractivity contribution >= 4 is 0 Å². The Bertz CT molecular complexity index is 480. The van der Waals surface area contributed by atoms with E-state index in [0.29, 0.717) is 25.2 Å². The topological polar surface area (TPSA) is 42.2 Å². The quantitative estimate of drug-likeness (QED) is 0.570. The molecule has 0 amide bonds. The van der Waals surface area contributed by atoms with E-state index in [4.69, 9.17) is 21.2 Å². The minimum atomic E-state index is 0.431. The predicted molar refractivity (Wildman–Crippen MR) is 70.2 cm³/mol. The number of terminal acetylenes is 1. The van der Waals surface area contributed by atoms with E-state index in [0.717, 1.165) is 23.3 Å². The third-order valence-corrected chi connectivity index (χ3v) is 2.49. The Morgan fingerprint density at radius 1 is 1.39 bits per heavy atom. The van der Waals surface area contributed by atoms with E-state index >= 15 is 0 Å². The number of nitriles is 1. The van der Waals surface area contributed by atoms with Gasteiger partial charge in [-0.1, -0.05) is 0 Å². The largest absolute Gasteiger partial charge is 0.493 e. The van der Waals surface area contributed by atoms with Gasteiger partial charge in [-0.05, 0) is 31.0 Å². The van der Waals surface area contributed by atoms with Crippen LogP contribution in [-0.4, -0.2) is 13.7 Å². The fourth-order valence-corrected chi connectivity index (χ4v) is 1.73. The first-order valence-electron chi connectivity index (χ1n) is 5.81. The van der Waals surface area contributed by atoms with Crippen LogP contribution in [0.1, 0.15) is 29.5 Å². The van der Waals surface area contributed by atoms with Crippen LogP contribution in [0.5, 0.6) is 5.75 Å². The van der Waals surface area contributed by atoms with Gasteiger partial charge in [0.05, 0.1) is 24.8 Å². The summed E-state index contributed by atoms with van der Waals surface area (Å²) >= 11 is 0. The van der Waals surface area contributed by atoms with Crippen molar-refractivity contribution in [3.8, 4) is 24.2 Å². The summed E-state index contributed by atoms with van der Waals surface area (Å²) in [6.07, 6.45) is 6.72. The highest BCUT2D eigenvalue weighted by Crippen LogP contribution is 2.26. The third-order valence-electron chi connectivity index (χ3n) is 2.49. The van der Waals surface area contributed by atoms with Crippen molar-refractivity contribution in [3.63, 3.8) is 0 Å². The molecule has 0 aliphatic carbocycles. The zero-order valence-electron chi connectivity index (χ0n) is 10.8. The second kappa shape index (κ2) is 7.37. The van der Waals surface area contributed by atoms with Gasteiger partial charge in [-0.25, -0.2) is 0 Å². The van der Waals surface area contributed by atoms with Crippen LogP contribution < -0.4 is 4.74 Å². The molecule has 3 heteroatoms. The molecule has 0 bridgehead atoms. The zero-order chi connectivity index (χ0) is 13.4. The summed E-state index contributed by atoms with van der Waals surface area (Å²) in [5.41, 5.74) is 2.46. The highest BCUT2D eigenvalue weighted by Gasteiger charge is 2.09. The number of rotatable bonds is 6. The SMILES string of the molecule is C#CCCCOc1c(C)cc(C#N)cc1COC. The Balaban J connectivity index is 2.88. The molecular weight excluding hydrogens is 226 g/mol. The van der Waals surface area contributed by atoms with Crippen LogP contribution in [0.25, 0.3) is 0 Å². The molecule has 1 rings (SSSR count). The molecule has 0 spiro atoms. The Labute approximate surface area is 108 Å². The van der Waals surface area contributed by atoms with Crippen molar-refractivity contribution in [3.05, 3.63) is 28.8 Å². The van der Waals surface area contributed by atoms with Crippen molar-refractivity contribution in [2.45, 2.75) is 26.4 Å². The summed E-state index contributed by atoms with van der Waals surface area (Å²) in [6, 6.07) is 5.75. The van der Waals surface area contributed by atoms with Crippen LogP contribution in [0.3, 0.4) is 0 Å². The van der Waals surface area contributed by atoms with E-state index in [1.54, 1.807) is 13.2 Å². The van der Waals surface area contributed by atoms with Gasteiger partial charge in [0.2, 0.25) is 0 Å². The second-order valence-electron chi connectivity index (χ2n) is 3.98. The molecule has 3 nitrogen and oxygen atoms in total. The minimum absolute atomic E-state index is 0.431. The van der Waals surface area contributed by atoms with Gasteiger partial charge >= 0.3 is 0 Å². The molecule has 0 N–H and O–H groups in total. The van der Waals surface area contributed by atoms with Crippen molar-refractivity contribution in [2.75, 3.05) is 13.7 Å². The number of methoxy groups -OCH3 is 1. The van der Waals surface area contributed by atoms with E-state index in [9.17, 15) is 0 Å². The van der Waals surface area contributed by atoms with Crippen LogP contribution >= 0.6 is 0 Å².